The van der Waals surface area contributed by atoms with Crippen molar-refractivity contribution in [3.05, 3.63) is 28.2 Å². The molecular formula is C14H20BrNO2. The molecule has 0 aliphatic carbocycles. The Hall–Kier alpha value is -0.580. The summed E-state index contributed by atoms with van der Waals surface area (Å²) in [4.78, 5) is 0. The van der Waals surface area contributed by atoms with E-state index < -0.39 is 0 Å². The van der Waals surface area contributed by atoms with Gasteiger partial charge in [0.1, 0.15) is 5.75 Å². The van der Waals surface area contributed by atoms with Crippen LogP contribution in [-0.2, 0) is 0 Å². The molecule has 0 aromatic heterocycles. The van der Waals surface area contributed by atoms with Gasteiger partial charge in [0.15, 0.2) is 0 Å². The summed E-state index contributed by atoms with van der Waals surface area (Å²) in [6.45, 7) is 3.14. The van der Waals surface area contributed by atoms with E-state index in [-0.39, 0.29) is 6.61 Å². The van der Waals surface area contributed by atoms with E-state index in [1.807, 2.05) is 12.1 Å². The summed E-state index contributed by atoms with van der Waals surface area (Å²) in [5.41, 5.74) is 1.21. The molecule has 0 radical (unpaired) electrons. The number of fused-ring (bicyclic) bond motifs is 1. The van der Waals surface area contributed by atoms with E-state index in [1.165, 1.54) is 5.56 Å². The average Bonchev–Trinajstić information content (AvgIpc) is 2.38. The van der Waals surface area contributed by atoms with Gasteiger partial charge in [-0.15, -0.1) is 0 Å². The van der Waals surface area contributed by atoms with Crippen molar-refractivity contribution in [2.75, 3.05) is 13.2 Å². The number of aliphatic hydroxyl groups excluding tert-OH is 1. The maximum atomic E-state index is 9.06. The third-order valence-corrected chi connectivity index (χ3v) is 3.91. The van der Waals surface area contributed by atoms with Crippen LogP contribution < -0.4 is 10.1 Å². The molecule has 18 heavy (non-hydrogen) atoms. The van der Waals surface area contributed by atoms with Gasteiger partial charge in [-0.1, -0.05) is 22.9 Å². The van der Waals surface area contributed by atoms with E-state index in [0.717, 1.165) is 36.1 Å². The lowest BCUT2D eigenvalue weighted by Crippen LogP contribution is -2.35. The van der Waals surface area contributed by atoms with Gasteiger partial charge in [0, 0.05) is 35.1 Å². The number of halogens is 1. The number of hydrogen-bond acceptors (Lipinski definition) is 3. The van der Waals surface area contributed by atoms with Crippen molar-refractivity contribution in [1.29, 1.82) is 0 Å². The molecular weight excluding hydrogens is 294 g/mol. The van der Waals surface area contributed by atoms with Crippen LogP contribution in [0.4, 0.5) is 0 Å². The predicted molar refractivity (Wildman–Crippen MR) is 75.9 cm³/mol. The lowest BCUT2D eigenvalue weighted by atomic mass is 9.98. The first kappa shape index (κ1) is 13.8. The number of ether oxygens (including phenoxy) is 1. The summed E-state index contributed by atoms with van der Waals surface area (Å²) in [6.07, 6.45) is 2.81. The molecule has 1 aliphatic heterocycles. The summed E-state index contributed by atoms with van der Waals surface area (Å²) in [7, 11) is 0. The average molecular weight is 314 g/mol. The van der Waals surface area contributed by atoms with Gasteiger partial charge >= 0.3 is 0 Å². The maximum absolute atomic E-state index is 9.06. The number of hydrogen-bond donors (Lipinski definition) is 2. The van der Waals surface area contributed by atoms with E-state index in [9.17, 15) is 0 Å². The van der Waals surface area contributed by atoms with Crippen LogP contribution in [0, 0.1) is 0 Å². The van der Waals surface area contributed by atoms with Crippen LogP contribution in [0.15, 0.2) is 22.7 Å². The summed E-state index contributed by atoms with van der Waals surface area (Å²) < 4.78 is 6.75. The van der Waals surface area contributed by atoms with Crippen molar-refractivity contribution in [1.82, 2.24) is 5.32 Å². The van der Waals surface area contributed by atoms with Gasteiger partial charge in [-0.25, -0.2) is 0 Å². The standard InChI is InChI=1S/C14H20BrNO2/c1-2-11(5-7-17)16-13-6-8-18-14-4-3-10(15)9-12(13)14/h3-4,9,11,13,16-17H,2,5-8H2,1H3. The summed E-state index contributed by atoms with van der Waals surface area (Å²) >= 11 is 3.51. The van der Waals surface area contributed by atoms with Crippen LogP contribution >= 0.6 is 15.9 Å². The summed E-state index contributed by atoms with van der Waals surface area (Å²) in [6, 6.07) is 6.83. The van der Waals surface area contributed by atoms with E-state index >= 15 is 0 Å². The Labute approximate surface area is 117 Å². The maximum Gasteiger partial charge on any atom is 0.124 e. The molecule has 2 N–H and O–H groups in total. The summed E-state index contributed by atoms with van der Waals surface area (Å²) in [5, 5.41) is 12.7. The van der Waals surface area contributed by atoms with Gasteiger partial charge in [0.05, 0.1) is 6.61 Å². The second-order valence-corrected chi connectivity index (χ2v) is 5.57. The first-order valence-corrected chi connectivity index (χ1v) is 7.33. The second-order valence-electron chi connectivity index (χ2n) is 4.66. The van der Waals surface area contributed by atoms with Crippen molar-refractivity contribution < 1.29 is 9.84 Å². The van der Waals surface area contributed by atoms with E-state index in [0.29, 0.717) is 12.1 Å². The predicted octanol–water partition coefficient (Wildman–Crippen LogP) is 3.02. The highest BCUT2D eigenvalue weighted by Gasteiger charge is 2.23. The molecule has 2 atom stereocenters. The fourth-order valence-corrected chi connectivity index (χ4v) is 2.76. The molecule has 1 heterocycles. The first-order chi connectivity index (χ1) is 8.74. The van der Waals surface area contributed by atoms with Crippen LogP contribution in [0.5, 0.6) is 5.75 Å². The molecule has 1 aliphatic rings. The molecule has 1 aromatic carbocycles. The monoisotopic (exact) mass is 313 g/mol. The number of benzene rings is 1. The Kier molecular flexibility index (Phi) is 5.03. The molecule has 2 unspecified atom stereocenters. The van der Waals surface area contributed by atoms with Crippen molar-refractivity contribution in [3.8, 4) is 5.75 Å². The molecule has 0 spiro atoms. The smallest absolute Gasteiger partial charge is 0.124 e. The number of nitrogens with one attached hydrogen (secondary N) is 1. The lowest BCUT2D eigenvalue weighted by Gasteiger charge is -2.30. The van der Waals surface area contributed by atoms with Crippen LogP contribution in [0.3, 0.4) is 0 Å². The molecule has 100 valence electrons. The Morgan fingerprint density at radius 2 is 2.39 bits per heavy atom. The second kappa shape index (κ2) is 6.55. The molecule has 3 nitrogen and oxygen atoms in total. The van der Waals surface area contributed by atoms with Gasteiger partial charge in [-0.2, -0.15) is 0 Å². The molecule has 1 aromatic rings. The van der Waals surface area contributed by atoms with Gasteiger partial charge in [-0.3, -0.25) is 0 Å². The molecule has 0 fully saturated rings. The Balaban J connectivity index is 2.13. The molecule has 0 saturated heterocycles. The first-order valence-electron chi connectivity index (χ1n) is 6.53. The highest BCUT2D eigenvalue weighted by molar-refractivity contribution is 9.10. The largest absolute Gasteiger partial charge is 0.493 e. The third-order valence-electron chi connectivity index (χ3n) is 3.42. The van der Waals surface area contributed by atoms with E-state index in [1.54, 1.807) is 0 Å². The zero-order chi connectivity index (χ0) is 13.0. The highest BCUT2D eigenvalue weighted by atomic mass is 79.9. The van der Waals surface area contributed by atoms with E-state index in [4.69, 9.17) is 9.84 Å². The summed E-state index contributed by atoms with van der Waals surface area (Å²) in [5.74, 6) is 0.973. The van der Waals surface area contributed by atoms with Gasteiger partial charge in [-0.05, 0) is 31.0 Å². The lowest BCUT2D eigenvalue weighted by molar-refractivity contribution is 0.222. The molecule has 0 bridgehead atoms. The fourth-order valence-electron chi connectivity index (χ4n) is 2.38. The zero-order valence-electron chi connectivity index (χ0n) is 10.7. The minimum atomic E-state index is 0.236. The fraction of sp³-hybridized carbons (Fsp3) is 0.571. The van der Waals surface area contributed by atoms with E-state index in [2.05, 4.69) is 34.2 Å². The van der Waals surface area contributed by atoms with Crippen LogP contribution in [0.2, 0.25) is 0 Å². The van der Waals surface area contributed by atoms with Crippen LogP contribution in [-0.4, -0.2) is 24.4 Å². The topological polar surface area (TPSA) is 41.5 Å². The Bertz CT molecular complexity index is 397. The minimum absolute atomic E-state index is 0.236. The third kappa shape index (κ3) is 3.25. The van der Waals surface area contributed by atoms with Crippen LogP contribution in [0.1, 0.15) is 37.8 Å². The normalized spacial score (nSPS) is 20.1. The quantitative estimate of drug-likeness (QED) is 0.878. The van der Waals surface area contributed by atoms with Gasteiger partial charge < -0.3 is 15.2 Å². The Morgan fingerprint density at radius 1 is 1.56 bits per heavy atom. The van der Waals surface area contributed by atoms with Gasteiger partial charge in [0.25, 0.3) is 0 Å². The molecule has 4 heteroatoms. The number of rotatable bonds is 5. The molecule has 0 amide bonds. The van der Waals surface area contributed by atoms with Crippen molar-refractivity contribution in [2.24, 2.45) is 0 Å². The zero-order valence-corrected chi connectivity index (χ0v) is 12.2. The van der Waals surface area contributed by atoms with Crippen LogP contribution in [0.25, 0.3) is 0 Å². The highest BCUT2D eigenvalue weighted by Crippen LogP contribution is 2.34. The molecule has 2 rings (SSSR count). The SMILES string of the molecule is CCC(CCO)NC1CCOc2ccc(Br)cc21. The molecule has 0 saturated carbocycles. The minimum Gasteiger partial charge on any atom is -0.493 e. The van der Waals surface area contributed by atoms with Gasteiger partial charge in [0.2, 0.25) is 0 Å². The van der Waals surface area contributed by atoms with Crippen molar-refractivity contribution in [2.45, 2.75) is 38.3 Å². The van der Waals surface area contributed by atoms with Crippen molar-refractivity contribution >= 4 is 15.9 Å². The van der Waals surface area contributed by atoms with Crippen molar-refractivity contribution in [3.63, 3.8) is 0 Å². The number of aliphatic hydroxyl groups is 1. The Morgan fingerprint density at radius 3 is 3.11 bits per heavy atom.